The zero-order valence-corrected chi connectivity index (χ0v) is 17.8. The van der Waals surface area contributed by atoms with Gasteiger partial charge in [0.15, 0.2) is 0 Å². The average Bonchev–Trinajstić information content (AvgIpc) is 3.37. The minimum Gasteiger partial charge on any atom is -0.489 e. The third-order valence-electron chi connectivity index (χ3n) is 4.77. The van der Waals surface area contributed by atoms with E-state index in [1.54, 1.807) is 54.8 Å². The van der Waals surface area contributed by atoms with Crippen LogP contribution < -0.4 is 20.7 Å². The number of nitrogens with one attached hydrogen (secondary N) is 3. The molecule has 0 spiro atoms. The van der Waals surface area contributed by atoms with Crippen LogP contribution in [0.15, 0.2) is 102 Å². The van der Waals surface area contributed by atoms with E-state index in [2.05, 4.69) is 16.0 Å². The second-order valence-corrected chi connectivity index (χ2v) is 7.22. The van der Waals surface area contributed by atoms with Crippen LogP contribution >= 0.6 is 0 Å². The van der Waals surface area contributed by atoms with Gasteiger partial charge in [0.05, 0.1) is 12.8 Å². The van der Waals surface area contributed by atoms with Crippen LogP contribution in [-0.4, -0.2) is 11.9 Å². The maximum Gasteiger partial charge on any atom is 0.319 e. The quantitative estimate of drug-likeness (QED) is 0.340. The number of para-hydroxylation sites is 1. The summed E-state index contributed by atoms with van der Waals surface area (Å²) in [4.78, 5) is 24.5. The van der Waals surface area contributed by atoms with E-state index in [4.69, 9.17) is 9.15 Å². The topological polar surface area (TPSA) is 92.6 Å². The summed E-state index contributed by atoms with van der Waals surface area (Å²) < 4.78 is 10.9. The van der Waals surface area contributed by atoms with Crippen molar-refractivity contribution < 1.29 is 18.7 Å². The number of hydrogen-bond acceptors (Lipinski definition) is 4. The standard InChI is InChI=1S/C26H23N3O4/c30-25(20-10-8-19(9-11-20)18-33-23-5-2-1-3-6-23)28-21-12-14-22(15-13-21)29-26(31)27-17-24-7-4-16-32-24/h1-16H,17-18H2,(H,28,30)(H2,27,29,31). The first-order valence-electron chi connectivity index (χ1n) is 10.4. The molecule has 4 rings (SSSR count). The minimum absolute atomic E-state index is 0.220. The van der Waals surface area contributed by atoms with Crippen molar-refractivity contribution in [1.82, 2.24) is 5.32 Å². The maximum absolute atomic E-state index is 12.5. The second kappa shape index (κ2) is 10.7. The molecule has 0 aliphatic rings. The SMILES string of the molecule is O=C(NCc1ccco1)Nc1ccc(NC(=O)c2ccc(COc3ccccc3)cc2)cc1. The summed E-state index contributed by atoms with van der Waals surface area (Å²) in [5.74, 6) is 1.25. The molecule has 0 aliphatic carbocycles. The fourth-order valence-corrected chi connectivity index (χ4v) is 3.03. The van der Waals surface area contributed by atoms with Gasteiger partial charge in [-0.05, 0) is 66.2 Å². The third-order valence-corrected chi connectivity index (χ3v) is 4.77. The van der Waals surface area contributed by atoms with Gasteiger partial charge in [0, 0.05) is 16.9 Å². The molecule has 1 aromatic heterocycles. The maximum atomic E-state index is 12.5. The van der Waals surface area contributed by atoms with Crippen molar-refractivity contribution >= 4 is 23.3 Å². The molecule has 7 heteroatoms. The number of rotatable bonds is 8. The molecule has 0 fully saturated rings. The van der Waals surface area contributed by atoms with Crippen LogP contribution in [0, 0.1) is 0 Å². The number of anilines is 2. The first-order valence-corrected chi connectivity index (χ1v) is 10.4. The largest absolute Gasteiger partial charge is 0.489 e. The predicted octanol–water partition coefficient (Wildman–Crippen LogP) is 5.43. The fourth-order valence-electron chi connectivity index (χ4n) is 3.03. The van der Waals surface area contributed by atoms with E-state index >= 15 is 0 Å². The normalized spacial score (nSPS) is 10.3. The van der Waals surface area contributed by atoms with E-state index < -0.39 is 0 Å². The first kappa shape index (κ1) is 21.7. The van der Waals surface area contributed by atoms with E-state index in [9.17, 15) is 9.59 Å². The number of carbonyl (C=O) groups excluding carboxylic acids is 2. The smallest absolute Gasteiger partial charge is 0.319 e. The molecule has 166 valence electrons. The first-order chi connectivity index (χ1) is 16.2. The van der Waals surface area contributed by atoms with E-state index in [0.717, 1.165) is 11.3 Å². The molecule has 0 bridgehead atoms. The number of carbonyl (C=O) groups is 2. The number of furan rings is 1. The second-order valence-electron chi connectivity index (χ2n) is 7.22. The van der Waals surface area contributed by atoms with Crippen LogP contribution in [0.4, 0.5) is 16.2 Å². The number of ether oxygens (including phenoxy) is 1. The van der Waals surface area contributed by atoms with Crippen LogP contribution in [0.1, 0.15) is 21.7 Å². The highest BCUT2D eigenvalue weighted by Crippen LogP contribution is 2.16. The van der Waals surface area contributed by atoms with Crippen molar-refractivity contribution in [2.24, 2.45) is 0 Å². The van der Waals surface area contributed by atoms with E-state index in [0.29, 0.717) is 35.9 Å². The highest BCUT2D eigenvalue weighted by Gasteiger charge is 2.08. The van der Waals surface area contributed by atoms with Gasteiger partial charge in [-0.15, -0.1) is 0 Å². The molecule has 3 N–H and O–H groups in total. The molecule has 0 unspecified atom stereocenters. The Morgan fingerprint density at radius 2 is 1.45 bits per heavy atom. The lowest BCUT2D eigenvalue weighted by molar-refractivity contribution is 0.102. The Morgan fingerprint density at radius 3 is 2.12 bits per heavy atom. The van der Waals surface area contributed by atoms with Gasteiger partial charge in [0.2, 0.25) is 0 Å². The van der Waals surface area contributed by atoms with Crippen molar-refractivity contribution in [3.8, 4) is 5.75 Å². The Hall–Kier alpha value is -4.52. The molecular formula is C26H23N3O4. The lowest BCUT2D eigenvalue weighted by atomic mass is 10.1. The monoisotopic (exact) mass is 441 g/mol. The number of hydrogen-bond donors (Lipinski definition) is 3. The fraction of sp³-hybridized carbons (Fsp3) is 0.0769. The molecule has 0 saturated carbocycles. The van der Waals surface area contributed by atoms with Crippen molar-refractivity contribution in [2.75, 3.05) is 10.6 Å². The summed E-state index contributed by atoms with van der Waals surface area (Å²) in [5, 5.41) is 8.28. The number of amides is 3. The predicted molar refractivity (Wildman–Crippen MR) is 126 cm³/mol. The third kappa shape index (κ3) is 6.48. The molecule has 3 amide bonds. The average molecular weight is 441 g/mol. The molecular weight excluding hydrogens is 418 g/mol. The summed E-state index contributed by atoms with van der Waals surface area (Å²) in [6, 6.07) is 26.9. The van der Waals surface area contributed by atoms with Crippen molar-refractivity contribution in [2.45, 2.75) is 13.2 Å². The number of urea groups is 1. The van der Waals surface area contributed by atoms with Crippen molar-refractivity contribution in [3.05, 3.63) is 114 Å². The summed E-state index contributed by atoms with van der Waals surface area (Å²) in [6.07, 6.45) is 1.55. The summed E-state index contributed by atoms with van der Waals surface area (Å²) in [7, 11) is 0. The molecule has 7 nitrogen and oxygen atoms in total. The van der Waals surface area contributed by atoms with Gasteiger partial charge in [-0.2, -0.15) is 0 Å². The van der Waals surface area contributed by atoms with Gasteiger partial charge in [0.25, 0.3) is 5.91 Å². The lowest BCUT2D eigenvalue weighted by Gasteiger charge is -2.09. The lowest BCUT2D eigenvalue weighted by Crippen LogP contribution is -2.27. The van der Waals surface area contributed by atoms with Gasteiger partial charge in [-0.25, -0.2) is 4.79 Å². The van der Waals surface area contributed by atoms with Crippen LogP contribution in [0.3, 0.4) is 0 Å². The van der Waals surface area contributed by atoms with E-state index in [1.807, 2.05) is 42.5 Å². The van der Waals surface area contributed by atoms with Gasteiger partial charge in [-0.3, -0.25) is 4.79 Å². The molecule has 3 aromatic carbocycles. The molecule has 0 aliphatic heterocycles. The van der Waals surface area contributed by atoms with Crippen LogP contribution in [0.5, 0.6) is 5.75 Å². The minimum atomic E-state index is -0.348. The van der Waals surface area contributed by atoms with Gasteiger partial charge >= 0.3 is 6.03 Å². The van der Waals surface area contributed by atoms with E-state index in [1.165, 1.54) is 0 Å². The number of benzene rings is 3. The highest BCUT2D eigenvalue weighted by molar-refractivity contribution is 6.04. The molecule has 0 atom stereocenters. The van der Waals surface area contributed by atoms with Gasteiger partial charge in [-0.1, -0.05) is 30.3 Å². The Bertz CT molecular complexity index is 1170. The Morgan fingerprint density at radius 1 is 0.758 bits per heavy atom. The Labute approximate surface area is 191 Å². The zero-order chi connectivity index (χ0) is 22.9. The molecule has 1 heterocycles. The molecule has 0 saturated heterocycles. The van der Waals surface area contributed by atoms with Gasteiger partial charge in [0.1, 0.15) is 18.1 Å². The van der Waals surface area contributed by atoms with Crippen LogP contribution in [0.25, 0.3) is 0 Å². The summed E-state index contributed by atoms with van der Waals surface area (Å²) in [5.41, 5.74) is 2.74. The molecule has 4 aromatic rings. The Balaban J connectivity index is 1.25. The van der Waals surface area contributed by atoms with Crippen molar-refractivity contribution in [1.29, 1.82) is 0 Å². The summed E-state index contributed by atoms with van der Waals surface area (Å²) >= 11 is 0. The van der Waals surface area contributed by atoms with Crippen molar-refractivity contribution in [3.63, 3.8) is 0 Å². The van der Waals surface area contributed by atoms with Crippen LogP contribution in [0.2, 0.25) is 0 Å². The molecule has 0 radical (unpaired) electrons. The summed E-state index contributed by atoms with van der Waals surface area (Å²) in [6.45, 7) is 0.722. The molecule has 33 heavy (non-hydrogen) atoms. The van der Waals surface area contributed by atoms with E-state index in [-0.39, 0.29) is 11.9 Å². The van der Waals surface area contributed by atoms with Gasteiger partial charge < -0.3 is 25.1 Å². The Kier molecular flexibility index (Phi) is 7.02. The van der Waals surface area contributed by atoms with Crippen LogP contribution in [-0.2, 0) is 13.2 Å². The zero-order valence-electron chi connectivity index (χ0n) is 17.8. The highest BCUT2D eigenvalue weighted by atomic mass is 16.5.